The van der Waals surface area contributed by atoms with Crippen molar-refractivity contribution in [1.29, 1.82) is 0 Å². The highest BCUT2D eigenvalue weighted by Gasteiger charge is 2.24. The molecular weight excluding hydrogens is 837 g/mol. The number of nitrogens with zero attached hydrogens (tertiary/aromatic N) is 5. The number of carboxylic acids is 2. The maximum absolute atomic E-state index is 15.1. The summed E-state index contributed by atoms with van der Waals surface area (Å²) in [5.41, 5.74) is 1.48. The highest BCUT2D eigenvalue weighted by atomic mass is 19.1. The number of carbonyl (C=O) groups excluding carboxylic acids is 2. The van der Waals surface area contributed by atoms with Crippen molar-refractivity contribution in [3.8, 4) is 0 Å². The van der Waals surface area contributed by atoms with Gasteiger partial charge in [-0.05, 0) is 72.6 Å². The lowest BCUT2D eigenvalue weighted by molar-refractivity contribution is 0.0684. The van der Waals surface area contributed by atoms with Crippen LogP contribution in [-0.2, 0) is 13.1 Å². The van der Waals surface area contributed by atoms with Crippen molar-refractivity contribution in [2.45, 2.75) is 20.0 Å². The number of hydrogen-bond donors (Lipinski definition) is 2. The van der Waals surface area contributed by atoms with Crippen LogP contribution in [0.5, 0.6) is 0 Å². The number of anilines is 2. The van der Waals surface area contributed by atoms with Gasteiger partial charge in [0.2, 0.25) is 10.9 Å². The molecule has 15 heteroatoms. The monoisotopic (exact) mass is 875 g/mol. The van der Waals surface area contributed by atoms with Gasteiger partial charge >= 0.3 is 11.9 Å². The number of rotatable bonds is 10. The van der Waals surface area contributed by atoms with Crippen molar-refractivity contribution in [1.82, 2.24) is 14.1 Å². The van der Waals surface area contributed by atoms with Crippen LogP contribution >= 0.6 is 0 Å². The molecular formula is C50H39F2N5O8. The highest BCUT2D eigenvalue weighted by molar-refractivity contribution is 6.08. The van der Waals surface area contributed by atoms with Gasteiger partial charge < -0.3 is 29.1 Å². The first kappa shape index (κ1) is 44.5. The fourth-order valence-corrected chi connectivity index (χ4v) is 7.23. The van der Waals surface area contributed by atoms with E-state index in [4.69, 9.17) is 0 Å². The number of hydrogen-bond acceptors (Lipinski definition) is 7. The second-order valence-corrected chi connectivity index (χ2v) is 15.1. The Balaban J connectivity index is 0.000000194. The molecule has 326 valence electrons. The van der Waals surface area contributed by atoms with Crippen LogP contribution in [0.15, 0.2) is 156 Å². The van der Waals surface area contributed by atoms with Gasteiger partial charge in [-0.1, -0.05) is 72.3 Å². The summed E-state index contributed by atoms with van der Waals surface area (Å²) < 4.78 is 33.2. The first-order valence-corrected chi connectivity index (χ1v) is 19.9. The third kappa shape index (κ3) is 9.44. The smallest absolute Gasteiger partial charge is 0.341 e. The average Bonchev–Trinajstić information content (AvgIpc) is 3.31. The van der Waals surface area contributed by atoms with E-state index in [0.717, 1.165) is 33.7 Å². The minimum Gasteiger partial charge on any atom is -0.477 e. The van der Waals surface area contributed by atoms with Gasteiger partial charge in [-0.2, -0.15) is 0 Å². The van der Waals surface area contributed by atoms with Crippen molar-refractivity contribution in [3.05, 3.63) is 217 Å². The van der Waals surface area contributed by atoms with E-state index >= 15 is 8.78 Å². The van der Waals surface area contributed by atoms with Crippen molar-refractivity contribution in [3.63, 3.8) is 0 Å². The first-order chi connectivity index (χ1) is 31.1. The first-order valence-electron chi connectivity index (χ1n) is 19.9. The molecule has 0 saturated heterocycles. The Bertz CT molecular complexity index is 3250. The molecule has 0 bridgehead atoms. The van der Waals surface area contributed by atoms with E-state index in [1.807, 2.05) is 37.3 Å². The predicted octanol–water partition coefficient (Wildman–Crippen LogP) is 8.03. The van der Waals surface area contributed by atoms with E-state index in [1.54, 1.807) is 88.3 Å². The van der Waals surface area contributed by atoms with Gasteiger partial charge in [0.25, 0.3) is 11.8 Å². The lowest BCUT2D eigenvalue weighted by atomic mass is 10.1. The number of carbonyl (C=O) groups is 4. The molecule has 5 aromatic carbocycles. The molecule has 2 amide bonds. The second kappa shape index (κ2) is 18.8. The van der Waals surface area contributed by atoms with E-state index in [2.05, 4.69) is 4.98 Å². The molecule has 0 radical (unpaired) electrons. The predicted molar refractivity (Wildman–Crippen MR) is 242 cm³/mol. The summed E-state index contributed by atoms with van der Waals surface area (Å²) >= 11 is 0. The third-order valence-electron chi connectivity index (χ3n) is 10.7. The summed E-state index contributed by atoms with van der Waals surface area (Å²) in [6.07, 6.45) is 5.69. The van der Waals surface area contributed by atoms with Crippen molar-refractivity contribution < 1.29 is 38.2 Å². The summed E-state index contributed by atoms with van der Waals surface area (Å²) in [4.78, 5) is 80.9. The summed E-state index contributed by atoms with van der Waals surface area (Å²) in [6, 6.07) is 32.9. The van der Waals surface area contributed by atoms with E-state index < -0.39 is 57.4 Å². The lowest BCUT2D eigenvalue weighted by Crippen LogP contribution is -2.27. The molecule has 0 spiro atoms. The van der Waals surface area contributed by atoms with Crippen LogP contribution in [0.3, 0.4) is 0 Å². The Hall–Kier alpha value is -8.59. The van der Waals surface area contributed by atoms with E-state index in [1.165, 1.54) is 43.5 Å². The fourth-order valence-electron chi connectivity index (χ4n) is 7.23. The number of carboxylic acid groups (broad SMARTS) is 2. The number of benzene rings is 5. The zero-order valence-corrected chi connectivity index (χ0v) is 35.1. The van der Waals surface area contributed by atoms with Crippen LogP contribution in [0.2, 0.25) is 0 Å². The molecule has 0 aliphatic carbocycles. The van der Waals surface area contributed by atoms with E-state index in [-0.39, 0.29) is 35.2 Å². The van der Waals surface area contributed by atoms with Crippen LogP contribution in [0, 0.1) is 18.6 Å². The van der Waals surface area contributed by atoms with E-state index in [0.29, 0.717) is 22.2 Å². The van der Waals surface area contributed by atoms with Crippen LogP contribution in [0.1, 0.15) is 58.1 Å². The quantitative estimate of drug-likeness (QED) is 0.138. The van der Waals surface area contributed by atoms with Crippen molar-refractivity contribution >= 4 is 56.9 Å². The molecule has 0 aliphatic heterocycles. The minimum absolute atomic E-state index is 0.0163. The second-order valence-electron chi connectivity index (χ2n) is 15.1. The van der Waals surface area contributed by atoms with Gasteiger partial charge in [-0.3, -0.25) is 24.2 Å². The molecule has 3 heterocycles. The van der Waals surface area contributed by atoms with Crippen LogP contribution in [0.25, 0.3) is 21.8 Å². The summed E-state index contributed by atoms with van der Waals surface area (Å²) in [7, 11) is 2.90. The van der Waals surface area contributed by atoms with Gasteiger partial charge in [-0.15, -0.1) is 0 Å². The normalized spacial score (nSPS) is 10.8. The average molecular weight is 876 g/mol. The summed E-state index contributed by atoms with van der Waals surface area (Å²) in [5.74, 6) is -5.23. The molecule has 0 unspecified atom stereocenters. The van der Waals surface area contributed by atoms with Gasteiger partial charge in [-0.25, -0.2) is 18.4 Å². The Kier molecular flexibility index (Phi) is 12.9. The molecule has 8 rings (SSSR count). The molecule has 0 fully saturated rings. The van der Waals surface area contributed by atoms with Crippen LogP contribution in [0.4, 0.5) is 20.2 Å². The third-order valence-corrected chi connectivity index (χ3v) is 10.7. The lowest BCUT2D eigenvalue weighted by Gasteiger charge is -2.20. The number of halogens is 2. The number of fused-ring (bicyclic) bond motifs is 2. The topological polar surface area (TPSA) is 172 Å². The molecule has 3 aromatic heterocycles. The van der Waals surface area contributed by atoms with Gasteiger partial charge in [0.05, 0.1) is 22.4 Å². The Morgan fingerprint density at radius 3 is 1.46 bits per heavy atom. The molecule has 13 nitrogen and oxygen atoms in total. The SMILES string of the molecule is CN(C(=O)c1ccccc1)c1cc2c(cc1F)c(=O)c(C(=O)O)cn2Cc1cccnc1.Cc1ccc(C(=O)N(C)c2cc3c(cc2F)c(=O)c(C(=O)O)cn3Cc2ccccc2)cc1. The zero-order chi connectivity index (χ0) is 46.5. The number of pyridine rings is 3. The molecule has 0 aliphatic rings. The Morgan fingerprint density at radius 2 is 1.02 bits per heavy atom. The Morgan fingerprint density at radius 1 is 0.585 bits per heavy atom. The van der Waals surface area contributed by atoms with Crippen LogP contribution in [-0.4, -0.2) is 62.2 Å². The number of aromatic nitrogens is 3. The number of aromatic carboxylic acids is 2. The van der Waals surface area contributed by atoms with E-state index in [9.17, 15) is 39.0 Å². The van der Waals surface area contributed by atoms with Crippen molar-refractivity contribution in [2.24, 2.45) is 0 Å². The van der Waals surface area contributed by atoms with Gasteiger partial charge in [0.15, 0.2) is 0 Å². The summed E-state index contributed by atoms with van der Waals surface area (Å²) in [6.45, 7) is 2.36. The maximum Gasteiger partial charge on any atom is 0.341 e. The van der Waals surface area contributed by atoms with Gasteiger partial charge in [0, 0.05) is 73.9 Å². The standard InChI is InChI=1S/C26H21FN2O4.C24H18FN3O4/c1-16-8-10-18(11-9-16)25(31)28(2)23-13-22-19(12-21(23)27)24(30)20(26(32)33)15-29(22)14-17-6-4-3-5-7-17;1-27(23(30)16-7-3-2-4-8-16)21-11-20-17(10-19(21)25)22(29)18(24(31)32)14-28(20)13-15-6-5-9-26-12-15/h3-13,15H,14H2,1-2H3,(H,32,33);2-12,14H,13H2,1H3,(H,31,32). The Labute approximate surface area is 369 Å². The maximum atomic E-state index is 15.1. The zero-order valence-electron chi connectivity index (χ0n) is 35.1. The minimum atomic E-state index is -1.40. The molecule has 0 atom stereocenters. The molecule has 0 saturated carbocycles. The summed E-state index contributed by atoms with van der Waals surface area (Å²) in [5, 5.41) is 18.8. The van der Waals surface area contributed by atoms with Gasteiger partial charge in [0.1, 0.15) is 22.8 Å². The molecule has 65 heavy (non-hydrogen) atoms. The van der Waals surface area contributed by atoms with Crippen LogP contribution < -0.4 is 20.7 Å². The van der Waals surface area contributed by atoms with Crippen molar-refractivity contribution in [2.75, 3.05) is 23.9 Å². The fraction of sp³-hybridized carbons (Fsp3) is 0.100. The number of aryl methyl sites for hydroxylation is 1. The largest absolute Gasteiger partial charge is 0.477 e. The molecule has 2 N–H and O–H groups in total. The molecule has 8 aromatic rings. The number of amides is 2. The highest BCUT2D eigenvalue weighted by Crippen LogP contribution is 2.28.